The smallest absolute Gasteiger partial charge is 0.224 e. The van der Waals surface area contributed by atoms with Gasteiger partial charge in [0.05, 0.1) is 18.2 Å². The molecule has 29 heavy (non-hydrogen) atoms. The summed E-state index contributed by atoms with van der Waals surface area (Å²) in [5, 5.41) is 50.0. The number of methoxy groups -OCH3 is 1. The van der Waals surface area contributed by atoms with Crippen molar-refractivity contribution in [3.8, 4) is 6.07 Å². The topological polar surface area (TPSA) is 123 Å². The Hall–Kier alpha value is -1.83. The minimum atomic E-state index is -1.81. The standard InChI is InChI=1S/C21H22BrNO6/c1-28-21(20(27)19(26)18(25)17(11-24)29-21)15-5-4-13(10-23)14(9-15)8-12-2-6-16(22)7-3-12/h2-7,9,17-20,24-27H,8,11H2,1H3/t17-,18-,19+,20-,21+/m1/s1. The van der Waals surface area contributed by atoms with Crippen molar-refractivity contribution >= 4 is 15.9 Å². The molecule has 0 aliphatic carbocycles. The van der Waals surface area contributed by atoms with E-state index in [4.69, 9.17) is 9.47 Å². The van der Waals surface area contributed by atoms with Crippen molar-refractivity contribution < 1.29 is 29.9 Å². The molecule has 1 fully saturated rings. The van der Waals surface area contributed by atoms with Gasteiger partial charge in [0.15, 0.2) is 0 Å². The van der Waals surface area contributed by atoms with Crippen LogP contribution in [0.3, 0.4) is 0 Å². The van der Waals surface area contributed by atoms with Crippen molar-refractivity contribution in [2.45, 2.75) is 36.6 Å². The average molecular weight is 464 g/mol. The minimum Gasteiger partial charge on any atom is -0.394 e. The fraction of sp³-hybridized carbons (Fsp3) is 0.381. The summed E-state index contributed by atoms with van der Waals surface area (Å²) in [6, 6.07) is 14.6. The molecule has 1 aliphatic heterocycles. The lowest BCUT2D eigenvalue weighted by atomic mass is 9.86. The van der Waals surface area contributed by atoms with Crippen molar-refractivity contribution in [3.05, 3.63) is 69.2 Å². The molecule has 7 nitrogen and oxygen atoms in total. The molecule has 4 N–H and O–H groups in total. The average Bonchev–Trinajstić information content (AvgIpc) is 2.74. The van der Waals surface area contributed by atoms with Crippen LogP contribution in [0.1, 0.15) is 22.3 Å². The van der Waals surface area contributed by atoms with Crippen molar-refractivity contribution in [2.24, 2.45) is 0 Å². The zero-order valence-corrected chi connectivity index (χ0v) is 17.3. The summed E-state index contributed by atoms with van der Waals surface area (Å²) in [6.07, 6.45) is -5.38. The molecule has 0 radical (unpaired) electrons. The van der Waals surface area contributed by atoms with Crippen LogP contribution in [0.25, 0.3) is 0 Å². The number of nitriles is 1. The number of halogens is 1. The molecule has 0 saturated carbocycles. The highest BCUT2D eigenvalue weighted by molar-refractivity contribution is 9.10. The second kappa shape index (κ2) is 8.90. The summed E-state index contributed by atoms with van der Waals surface area (Å²) in [7, 11) is 1.30. The second-order valence-electron chi connectivity index (χ2n) is 6.92. The van der Waals surface area contributed by atoms with Crippen LogP contribution in [-0.4, -0.2) is 58.6 Å². The third kappa shape index (κ3) is 4.09. The molecule has 0 unspecified atom stereocenters. The van der Waals surface area contributed by atoms with Gasteiger partial charge in [-0.1, -0.05) is 34.1 Å². The molecule has 0 spiro atoms. The van der Waals surface area contributed by atoms with E-state index in [1.807, 2.05) is 24.3 Å². The Morgan fingerprint density at radius 2 is 1.83 bits per heavy atom. The van der Waals surface area contributed by atoms with Gasteiger partial charge in [0.2, 0.25) is 5.79 Å². The van der Waals surface area contributed by atoms with Gasteiger partial charge in [-0.15, -0.1) is 0 Å². The van der Waals surface area contributed by atoms with Crippen LogP contribution >= 0.6 is 15.9 Å². The van der Waals surface area contributed by atoms with Crippen molar-refractivity contribution in [2.75, 3.05) is 13.7 Å². The Labute approximate surface area is 176 Å². The third-order valence-corrected chi connectivity index (χ3v) is 5.72. The van der Waals surface area contributed by atoms with Gasteiger partial charge in [-0.05, 0) is 41.8 Å². The zero-order valence-electron chi connectivity index (χ0n) is 15.7. The van der Waals surface area contributed by atoms with E-state index in [-0.39, 0.29) is 0 Å². The lowest BCUT2D eigenvalue weighted by Crippen LogP contribution is -2.64. The van der Waals surface area contributed by atoms with Gasteiger partial charge < -0.3 is 29.9 Å². The fourth-order valence-electron chi connectivity index (χ4n) is 3.55. The maximum Gasteiger partial charge on any atom is 0.224 e. The first-order chi connectivity index (χ1) is 13.9. The molecule has 5 atom stereocenters. The molecule has 0 aromatic heterocycles. The van der Waals surface area contributed by atoms with Crippen LogP contribution in [0.15, 0.2) is 46.9 Å². The highest BCUT2D eigenvalue weighted by atomic mass is 79.9. The largest absolute Gasteiger partial charge is 0.394 e. The number of benzene rings is 2. The zero-order chi connectivity index (χ0) is 21.2. The van der Waals surface area contributed by atoms with Crippen LogP contribution in [0.5, 0.6) is 0 Å². The number of aliphatic hydroxyl groups is 4. The number of ether oxygens (including phenoxy) is 2. The predicted molar refractivity (Wildman–Crippen MR) is 107 cm³/mol. The van der Waals surface area contributed by atoms with E-state index in [0.29, 0.717) is 23.1 Å². The SMILES string of the molecule is CO[C@@]1(c2ccc(C#N)c(Cc3ccc(Br)cc3)c2)O[C@H](CO)[C@@H](O)[C@H](O)[C@H]1O. The number of hydrogen-bond donors (Lipinski definition) is 4. The monoisotopic (exact) mass is 463 g/mol. The molecule has 154 valence electrons. The molecule has 3 rings (SSSR count). The summed E-state index contributed by atoms with van der Waals surface area (Å²) in [6.45, 7) is -0.571. The quantitative estimate of drug-likeness (QED) is 0.524. The minimum absolute atomic E-state index is 0.364. The first kappa shape index (κ1) is 21.9. The molecule has 2 aromatic rings. The van der Waals surface area contributed by atoms with E-state index in [2.05, 4.69) is 22.0 Å². The lowest BCUT2D eigenvalue weighted by molar-refractivity contribution is -0.366. The fourth-order valence-corrected chi connectivity index (χ4v) is 3.82. The van der Waals surface area contributed by atoms with E-state index >= 15 is 0 Å². The number of aliphatic hydroxyl groups excluding tert-OH is 4. The maximum absolute atomic E-state index is 10.7. The van der Waals surface area contributed by atoms with Gasteiger partial charge in [0.1, 0.15) is 24.4 Å². The van der Waals surface area contributed by atoms with Crippen molar-refractivity contribution in [1.29, 1.82) is 5.26 Å². The van der Waals surface area contributed by atoms with Crippen molar-refractivity contribution in [1.82, 2.24) is 0 Å². The molecule has 2 aromatic carbocycles. The van der Waals surface area contributed by atoms with Gasteiger partial charge in [-0.3, -0.25) is 0 Å². The lowest BCUT2D eigenvalue weighted by Gasteiger charge is -2.47. The summed E-state index contributed by atoms with van der Waals surface area (Å²) in [4.78, 5) is 0. The van der Waals surface area contributed by atoms with Crippen LogP contribution in [0.2, 0.25) is 0 Å². The molecule has 0 amide bonds. The van der Waals surface area contributed by atoms with E-state index in [1.165, 1.54) is 7.11 Å². The normalized spacial score (nSPS) is 29.4. The molecule has 1 saturated heterocycles. The molecular weight excluding hydrogens is 442 g/mol. The second-order valence-corrected chi connectivity index (χ2v) is 7.84. The predicted octanol–water partition coefficient (Wildman–Crippen LogP) is 1.18. The van der Waals surface area contributed by atoms with Gasteiger partial charge >= 0.3 is 0 Å². The van der Waals surface area contributed by atoms with Gasteiger partial charge in [-0.2, -0.15) is 5.26 Å². The highest BCUT2D eigenvalue weighted by Crippen LogP contribution is 2.40. The maximum atomic E-state index is 10.7. The van der Waals surface area contributed by atoms with Crippen LogP contribution in [0, 0.1) is 11.3 Å². The third-order valence-electron chi connectivity index (χ3n) is 5.19. The summed E-state index contributed by atoms with van der Waals surface area (Å²) in [5.41, 5.74) is 2.47. The summed E-state index contributed by atoms with van der Waals surface area (Å²) >= 11 is 3.39. The molecule has 1 aliphatic rings. The van der Waals surface area contributed by atoms with E-state index in [9.17, 15) is 25.7 Å². The first-order valence-electron chi connectivity index (χ1n) is 9.02. The highest BCUT2D eigenvalue weighted by Gasteiger charge is 2.55. The number of hydrogen-bond acceptors (Lipinski definition) is 7. The van der Waals surface area contributed by atoms with E-state index in [1.54, 1.807) is 18.2 Å². The van der Waals surface area contributed by atoms with Gasteiger partial charge in [0.25, 0.3) is 0 Å². The number of rotatable bonds is 5. The van der Waals surface area contributed by atoms with Crippen molar-refractivity contribution in [3.63, 3.8) is 0 Å². The molecular formula is C21H22BrNO6. The first-order valence-corrected chi connectivity index (χ1v) is 9.81. The van der Waals surface area contributed by atoms with Crippen LogP contribution in [-0.2, 0) is 21.7 Å². The number of nitrogens with zero attached hydrogens (tertiary/aromatic N) is 1. The molecule has 8 heteroatoms. The Morgan fingerprint density at radius 1 is 1.14 bits per heavy atom. The van der Waals surface area contributed by atoms with Crippen LogP contribution in [0.4, 0.5) is 0 Å². The Kier molecular flexibility index (Phi) is 6.71. The van der Waals surface area contributed by atoms with Crippen LogP contribution < -0.4 is 0 Å². The van der Waals surface area contributed by atoms with E-state index in [0.717, 1.165) is 10.0 Å². The van der Waals surface area contributed by atoms with Gasteiger partial charge in [0, 0.05) is 17.1 Å². The Bertz CT molecular complexity index is 897. The van der Waals surface area contributed by atoms with Gasteiger partial charge in [-0.25, -0.2) is 0 Å². The summed E-state index contributed by atoms with van der Waals surface area (Å²) in [5.74, 6) is -1.81. The molecule has 0 bridgehead atoms. The Balaban J connectivity index is 2.04. The Morgan fingerprint density at radius 3 is 2.41 bits per heavy atom. The molecule has 1 heterocycles. The van der Waals surface area contributed by atoms with E-state index < -0.39 is 36.8 Å². The summed E-state index contributed by atoms with van der Waals surface area (Å²) < 4.78 is 12.1.